The quantitative estimate of drug-likeness (QED) is 0.0323. The van der Waals surface area contributed by atoms with Gasteiger partial charge in [-0.05, 0) is 92.9 Å². The summed E-state index contributed by atoms with van der Waals surface area (Å²) in [5, 5.41) is 18.6. The fourth-order valence-corrected chi connectivity index (χ4v) is 7.85. The van der Waals surface area contributed by atoms with E-state index in [1.165, 1.54) is 19.3 Å². The van der Waals surface area contributed by atoms with Crippen molar-refractivity contribution in [3.63, 3.8) is 0 Å². The molecular formula is C35H58BN7O7. The summed E-state index contributed by atoms with van der Waals surface area (Å²) in [6.07, 6.45) is 8.94. The number of carbonyl (C=O) groups is 2. The number of ether oxygens (including phenoxy) is 1. The van der Waals surface area contributed by atoms with Crippen molar-refractivity contribution < 1.29 is 28.7 Å². The van der Waals surface area contributed by atoms with Gasteiger partial charge in [0.2, 0.25) is 5.91 Å². The van der Waals surface area contributed by atoms with Crippen molar-refractivity contribution in [2.45, 2.75) is 129 Å². The Balaban J connectivity index is 1.39. The van der Waals surface area contributed by atoms with Crippen LogP contribution in [0.1, 0.15) is 106 Å². The van der Waals surface area contributed by atoms with E-state index in [0.29, 0.717) is 37.0 Å². The molecule has 6 N–H and O–H groups in total. The van der Waals surface area contributed by atoms with E-state index in [9.17, 15) is 19.7 Å². The molecule has 15 heteroatoms. The molecule has 6 atom stereocenters. The lowest BCUT2D eigenvalue weighted by Crippen LogP contribution is -2.65. The third-order valence-electron chi connectivity index (χ3n) is 10.7. The van der Waals surface area contributed by atoms with Crippen LogP contribution in [-0.4, -0.2) is 66.9 Å². The van der Waals surface area contributed by atoms with Gasteiger partial charge >= 0.3 is 13.1 Å². The van der Waals surface area contributed by atoms with E-state index in [-0.39, 0.29) is 42.3 Å². The van der Waals surface area contributed by atoms with Crippen molar-refractivity contribution in [2.24, 2.45) is 33.9 Å². The second-order valence-corrected chi connectivity index (χ2v) is 15.3. The highest BCUT2D eigenvalue weighted by Gasteiger charge is 2.68. The number of nitrogens with zero attached hydrogens (tertiary/aromatic N) is 2. The summed E-state index contributed by atoms with van der Waals surface area (Å²) in [4.78, 5) is 41.7. The Morgan fingerprint density at radius 3 is 2.48 bits per heavy atom. The zero-order valence-electron chi connectivity index (χ0n) is 30.7. The van der Waals surface area contributed by atoms with Gasteiger partial charge in [0.05, 0.1) is 24.3 Å². The van der Waals surface area contributed by atoms with Crippen LogP contribution in [0.4, 0.5) is 10.5 Å². The first-order valence-corrected chi connectivity index (χ1v) is 18.4. The van der Waals surface area contributed by atoms with Crippen LogP contribution in [0.5, 0.6) is 5.75 Å². The van der Waals surface area contributed by atoms with Gasteiger partial charge in [-0.3, -0.25) is 4.79 Å². The monoisotopic (exact) mass is 699 g/mol. The van der Waals surface area contributed by atoms with Crippen molar-refractivity contribution in [1.29, 1.82) is 0 Å². The molecule has 1 aromatic rings. The summed E-state index contributed by atoms with van der Waals surface area (Å²) >= 11 is 0. The third kappa shape index (κ3) is 10.2. The van der Waals surface area contributed by atoms with Gasteiger partial charge in [-0.15, -0.1) is 0 Å². The lowest BCUT2D eigenvalue weighted by atomic mass is 9.43. The minimum absolute atomic E-state index is 0.0331. The number of rotatable bonds is 19. The standard InChI is InChI=1S/C35H58BN7O7/c1-7-8-9-10-11-19-48-26-16-14-25(15-17-26)39-33(45)40-27(13-12-18-38-32(37)42-43(46)47)31(44)41-30(20-23(2)3)36-49-29-22-24-21-28(34(24,4)5)35(29,6)50-36/h14-17,23-24,27-30H,7-13,18-22H2,1-6H3,(H,41,44)(H3,37,38,42)(H2,39,40,45)/t24-,27-,28-,29+,30-,35-/m0/s1. The molecular weight excluding hydrogens is 641 g/mol. The van der Waals surface area contributed by atoms with Crippen molar-refractivity contribution in [2.75, 3.05) is 18.5 Å². The van der Waals surface area contributed by atoms with Gasteiger partial charge in [0, 0.05) is 12.2 Å². The summed E-state index contributed by atoms with van der Waals surface area (Å²) in [5.41, 5.74) is 7.66. The molecule has 2 bridgehead atoms. The highest BCUT2D eigenvalue weighted by Crippen LogP contribution is 2.65. The Morgan fingerprint density at radius 2 is 1.82 bits per heavy atom. The number of hydrazine groups is 1. The van der Waals surface area contributed by atoms with Gasteiger partial charge < -0.3 is 35.7 Å². The van der Waals surface area contributed by atoms with Crippen molar-refractivity contribution >= 4 is 30.7 Å². The zero-order chi connectivity index (χ0) is 36.5. The summed E-state index contributed by atoms with van der Waals surface area (Å²) in [6.45, 7) is 13.9. The number of hydrogen-bond donors (Lipinski definition) is 5. The Bertz CT molecular complexity index is 1330. The van der Waals surface area contributed by atoms with Crippen LogP contribution in [0.15, 0.2) is 29.3 Å². The average molecular weight is 700 g/mol. The Labute approximate surface area is 297 Å². The molecule has 1 aliphatic heterocycles. The molecule has 14 nitrogen and oxygen atoms in total. The lowest BCUT2D eigenvalue weighted by molar-refractivity contribution is -0.525. The Hall–Kier alpha value is -3.59. The highest BCUT2D eigenvalue weighted by atomic mass is 16.7. The molecule has 3 saturated carbocycles. The normalized spacial score (nSPS) is 24.8. The molecule has 50 heavy (non-hydrogen) atoms. The van der Waals surface area contributed by atoms with Gasteiger partial charge in [-0.1, -0.05) is 65.7 Å². The molecule has 0 radical (unpaired) electrons. The van der Waals surface area contributed by atoms with Crippen LogP contribution in [0.25, 0.3) is 0 Å². The van der Waals surface area contributed by atoms with E-state index in [1.54, 1.807) is 29.7 Å². The minimum Gasteiger partial charge on any atom is -0.494 e. The third-order valence-corrected chi connectivity index (χ3v) is 10.7. The van der Waals surface area contributed by atoms with E-state index < -0.39 is 35.8 Å². The number of unbranched alkanes of at least 4 members (excludes halogenated alkanes) is 4. The van der Waals surface area contributed by atoms with Crippen molar-refractivity contribution in [3.05, 3.63) is 34.4 Å². The van der Waals surface area contributed by atoms with E-state index in [4.69, 9.17) is 19.8 Å². The molecule has 3 aliphatic carbocycles. The SMILES string of the molecule is CCCCCCCOc1ccc(NC(=O)N[C@@H](CCCN=C(N)N[N+](=O)[O-])C(=O)N[C@@H](CC(C)C)B2O[C@@H]3C[C@@H]4C[C@@H](C4(C)C)[C@]3(C)O2)cc1. The fourth-order valence-electron chi connectivity index (χ4n) is 7.85. The molecule has 1 heterocycles. The number of urea groups is 1. The van der Waals surface area contributed by atoms with Gasteiger partial charge in [-0.25, -0.2) is 19.9 Å². The predicted octanol–water partition coefficient (Wildman–Crippen LogP) is 5.20. The van der Waals surface area contributed by atoms with E-state index >= 15 is 0 Å². The summed E-state index contributed by atoms with van der Waals surface area (Å²) in [7, 11) is -0.615. The molecule has 0 spiro atoms. The fraction of sp³-hybridized carbons (Fsp3) is 0.743. The molecule has 4 fully saturated rings. The Morgan fingerprint density at radius 1 is 1.10 bits per heavy atom. The second-order valence-electron chi connectivity index (χ2n) is 15.3. The van der Waals surface area contributed by atoms with Crippen LogP contribution < -0.4 is 31.8 Å². The van der Waals surface area contributed by atoms with E-state index in [2.05, 4.69) is 62.5 Å². The molecule has 1 saturated heterocycles. The molecule has 0 unspecified atom stereocenters. The number of anilines is 1. The lowest BCUT2D eigenvalue weighted by Gasteiger charge is -2.64. The van der Waals surface area contributed by atoms with Crippen LogP contribution in [0, 0.1) is 33.3 Å². The number of carbonyl (C=O) groups excluding carboxylic acids is 2. The minimum atomic E-state index is -0.939. The van der Waals surface area contributed by atoms with Crippen LogP contribution in [-0.2, 0) is 14.1 Å². The summed E-state index contributed by atoms with van der Waals surface area (Å²) in [5.74, 6) is 0.777. The second kappa shape index (κ2) is 17.6. The van der Waals surface area contributed by atoms with Crippen molar-refractivity contribution in [3.8, 4) is 5.75 Å². The summed E-state index contributed by atoms with van der Waals surface area (Å²) in [6, 6.07) is 5.61. The number of nitrogens with two attached hydrogens (primary N) is 1. The van der Waals surface area contributed by atoms with Gasteiger partial charge in [-0.2, -0.15) is 0 Å². The van der Waals surface area contributed by atoms with Crippen LogP contribution in [0.2, 0.25) is 0 Å². The van der Waals surface area contributed by atoms with E-state index in [0.717, 1.165) is 31.4 Å². The number of amides is 3. The predicted molar refractivity (Wildman–Crippen MR) is 194 cm³/mol. The molecule has 278 valence electrons. The van der Waals surface area contributed by atoms with Gasteiger partial charge in [0.25, 0.3) is 5.96 Å². The van der Waals surface area contributed by atoms with Gasteiger partial charge in [0.1, 0.15) is 11.8 Å². The number of benzene rings is 1. The average Bonchev–Trinajstić information content (AvgIpc) is 3.41. The molecule has 1 aromatic carbocycles. The van der Waals surface area contributed by atoms with Crippen LogP contribution in [0.3, 0.4) is 0 Å². The number of hydrogen-bond acceptors (Lipinski definition) is 8. The largest absolute Gasteiger partial charge is 0.494 e. The van der Waals surface area contributed by atoms with Crippen LogP contribution >= 0.6 is 0 Å². The maximum atomic E-state index is 13.9. The van der Waals surface area contributed by atoms with E-state index in [1.807, 2.05) is 0 Å². The number of nitrogens with one attached hydrogen (secondary N) is 4. The zero-order valence-corrected chi connectivity index (χ0v) is 30.7. The van der Waals surface area contributed by atoms with Gasteiger partial charge in [0.15, 0.2) is 5.03 Å². The maximum Gasteiger partial charge on any atom is 0.481 e. The topological polar surface area (TPSA) is 191 Å². The number of guanidine groups is 1. The first-order chi connectivity index (χ1) is 23.7. The van der Waals surface area contributed by atoms with Crippen molar-refractivity contribution in [1.82, 2.24) is 16.1 Å². The smallest absolute Gasteiger partial charge is 0.481 e. The first kappa shape index (κ1) is 39.2. The summed E-state index contributed by atoms with van der Waals surface area (Å²) < 4.78 is 19.1. The molecule has 5 rings (SSSR count). The molecule has 0 aromatic heterocycles. The number of aliphatic imine (C=N–C) groups is 1. The maximum absolute atomic E-state index is 13.9. The molecule has 3 amide bonds. The first-order valence-electron chi connectivity index (χ1n) is 18.4. The Kier molecular flexibility index (Phi) is 13.8. The number of nitro groups is 1. The molecule has 4 aliphatic rings. The highest BCUT2D eigenvalue weighted by molar-refractivity contribution is 6.48.